The maximum Gasteiger partial charge on any atom is 0.310 e. The first-order valence-corrected chi connectivity index (χ1v) is 6.51. The SMILES string of the molecule is COc1ccc(-c2cccc(C(C)C(=O)O)c2C)cc1. The van der Waals surface area contributed by atoms with Crippen molar-refractivity contribution in [1.29, 1.82) is 0 Å². The second-order valence-electron chi connectivity index (χ2n) is 4.81. The smallest absolute Gasteiger partial charge is 0.310 e. The predicted octanol–water partition coefficient (Wildman–Crippen LogP) is 3.86. The van der Waals surface area contributed by atoms with Gasteiger partial charge in [0.05, 0.1) is 13.0 Å². The van der Waals surface area contributed by atoms with Crippen LogP contribution in [0.3, 0.4) is 0 Å². The van der Waals surface area contributed by atoms with Crippen molar-refractivity contribution < 1.29 is 14.6 Å². The summed E-state index contributed by atoms with van der Waals surface area (Å²) in [5.41, 5.74) is 3.97. The molecule has 0 spiro atoms. The monoisotopic (exact) mass is 270 g/mol. The molecule has 0 heterocycles. The minimum atomic E-state index is -0.806. The van der Waals surface area contributed by atoms with Crippen molar-refractivity contribution in [3.63, 3.8) is 0 Å². The molecule has 2 aromatic rings. The summed E-state index contributed by atoms with van der Waals surface area (Å²) in [6.45, 7) is 3.68. The van der Waals surface area contributed by atoms with Crippen molar-refractivity contribution in [2.75, 3.05) is 7.11 Å². The summed E-state index contributed by atoms with van der Waals surface area (Å²) in [5, 5.41) is 9.17. The molecule has 0 bridgehead atoms. The van der Waals surface area contributed by atoms with Crippen molar-refractivity contribution in [3.05, 3.63) is 53.6 Å². The molecule has 20 heavy (non-hydrogen) atoms. The highest BCUT2D eigenvalue weighted by Gasteiger charge is 2.17. The molecule has 0 amide bonds. The Kier molecular flexibility index (Phi) is 4.08. The van der Waals surface area contributed by atoms with Crippen molar-refractivity contribution >= 4 is 5.97 Å². The molecule has 0 aromatic heterocycles. The van der Waals surface area contributed by atoms with Gasteiger partial charge in [0.25, 0.3) is 0 Å². The van der Waals surface area contributed by atoms with E-state index in [0.29, 0.717) is 0 Å². The largest absolute Gasteiger partial charge is 0.497 e. The number of aliphatic carboxylic acids is 1. The Morgan fingerprint density at radius 2 is 1.80 bits per heavy atom. The van der Waals surface area contributed by atoms with Crippen LogP contribution in [0.25, 0.3) is 11.1 Å². The molecule has 104 valence electrons. The van der Waals surface area contributed by atoms with E-state index in [2.05, 4.69) is 0 Å². The van der Waals surface area contributed by atoms with Gasteiger partial charge in [-0.15, -0.1) is 0 Å². The van der Waals surface area contributed by atoms with Crippen molar-refractivity contribution in [3.8, 4) is 16.9 Å². The summed E-state index contributed by atoms with van der Waals surface area (Å²) in [6.07, 6.45) is 0. The highest BCUT2D eigenvalue weighted by molar-refractivity contribution is 5.78. The van der Waals surface area contributed by atoms with E-state index in [-0.39, 0.29) is 0 Å². The lowest BCUT2D eigenvalue weighted by Gasteiger charge is -2.14. The van der Waals surface area contributed by atoms with E-state index in [9.17, 15) is 9.90 Å². The summed E-state index contributed by atoms with van der Waals surface area (Å²) >= 11 is 0. The summed E-state index contributed by atoms with van der Waals surface area (Å²) < 4.78 is 5.15. The molecule has 0 radical (unpaired) electrons. The van der Waals surface area contributed by atoms with Gasteiger partial charge in [0.15, 0.2) is 0 Å². The van der Waals surface area contributed by atoms with E-state index in [1.807, 2.05) is 49.4 Å². The average molecular weight is 270 g/mol. The summed E-state index contributed by atoms with van der Waals surface area (Å²) in [7, 11) is 1.63. The number of hydrogen-bond donors (Lipinski definition) is 1. The maximum atomic E-state index is 11.2. The van der Waals surface area contributed by atoms with Gasteiger partial charge < -0.3 is 9.84 Å². The first kappa shape index (κ1) is 14.1. The van der Waals surface area contributed by atoms with Crippen LogP contribution < -0.4 is 4.74 Å². The molecule has 0 fully saturated rings. The quantitative estimate of drug-likeness (QED) is 0.917. The predicted molar refractivity (Wildman–Crippen MR) is 79.2 cm³/mol. The molecule has 1 N–H and O–H groups in total. The van der Waals surface area contributed by atoms with Gasteiger partial charge in [0.2, 0.25) is 0 Å². The molecule has 3 nitrogen and oxygen atoms in total. The Hall–Kier alpha value is -2.29. The van der Waals surface area contributed by atoms with E-state index in [4.69, 9.17) is 4.74 Å². The Labute approximate surface area is 118 Å². The van der Waals surface area contributed by atoms with Crippen LogP contribution in [0.1, 0.15) is 24.0 Å². The zero-order chi connectivity index (χ0) is 14.7. The van der Waals surface area contributed by atoms with Gasteiger partial charge in [-0.25, -0.2) is 0 Å². The summed E-state index contributed by atoms with van der Waals surface area (Å²) in [5.74, 6) is -0.505. The first-order valence-electron chi connectivity index (χ1n) is 6.51. The third-order valence-electron chi connectivity index (χ3n) is 3.61. The summed E-state index contributed by atoms with van der Waals surface area (Å²) in [6, 6.07) is 13.6. The van der Waals surface area contributed by atoms with E-state index in [1.54, 1.807) is 14.0 Å². The molecule has 0 aliphatic heterocycles. The van der Waals surface area contributed by atoms with Crippen LogP contribution in [0.2, 0.25) is 0 Å². The lowest BCUT2D eigenvalue weighted by molar-refractivity contribution is -0.138. The Balaban J connectivity index is 2.46. The zero-order valence-electron chi connectivity index (χ0n) is 11.9. The third-order valence-corrected chi connectivity index (χ3v) is 3.61. The minimum Gasteiger partial charge on any atom is -0.497 e. The van der Waals surface area contributed by atoms with Crippen LogP contribution in [0.4, 0.5) is 0 Å². The molecule has 2 rings (SSSR count). The van der Waals surface area contributed by atoms with Crippen LogP contribution in [0.15, 0.2) is 42.5 Å². The van der Waals surface area contributed by atoms with Gasteiger partial charge in [-0.1, -0.05) is 30.3 Å². The Morgan fingerprint density at radius 1 is 1.15 bits per heavy atom. The average Bonchev–Trinajstić information content (AvgIpc) is 2.47. The van der Waals surface area contributed by atoms with Crippen molar-refractivity contribution in [1.82, 2.24) is 0 Å². The van der Waals surface area contributed by atoms with Gasteiger partial charge in [0.1, 0.15) is 5.75 Å². The third kappa shape index (κ3) is 2.67. The Bertz CT molecular complexity index is 615. The number of rotatable bonds is 4. The number of carboxylic acids is 1. The molecule has 3 heteroatoms. The molecule has 0 saturated heterocycles. The fourth-order valence-corrected chi connectivity index (χ4v) is 2.34. The van der Waals surface area contributed by atoms with E-state index >= 15 is 0 Å². The fraction of sp³-hybridized carbons (Fsp3) is 0.235. The lowest BCUT2D eigenvalue weighted by Crippen LogP contribution is -2.09. The fourth-order valence-electron chi connectivity index (χ4n) is 2.34. The van der Waals surface area contributed by atoms with Gasteiger partial charge in [-0.05, 0) is 48.2 Å². The minimum absolute atomic E-state index is 0.506. The normalized spacial score (nSPS) is 11.9. The van der Waals surface area contributed by atoms with Crippen molar-refractivity contribution in [2.24, 2.45) is 0 Å². The summed E-state index contributed by atoms with van der Waals surface area (Å²) in [4.78, 5) is 11.2. The molecule has 0 aliphatic carbocycles. The maximum absolute atomic E-state index is 11.2. The lowest BCUT2D eigenvalue weighted by atomic mass is 9.90. The van der Waals surface area contributed by atoms with E-state index in [0.717, 1.165) is 28.0 Å². The number of carboxylic acid groups (broad SMARTS) is 1. The number of hydrogen-bond acceptors (Lipinski definition) is 2. The first-order chi connectivity index (χ1) is 9.54. The van der Waals surface area contributed by atoms with Crippen LogP contribution in [0.5, 0.6) is 5.75 Å². The van der Waals surface area contributed by atoms with Crippen LogP contribution in [-0.4, -0.2) is 18.2 Å². The number of carbonyl (C=O) groups is 1. The topological polar surface area (TPSA) is 46.5 Å². The highest BCUT2D eigenvalue weighted by Crippen LogP contribution is 2.30. The van der Waals surface area contributed by atoms with Crippen LogP contribution in [-0.2, 0) is 4.79 Å². The molecular weight excluding hydrogens is 252 g/mol. The van der Waals surface area contributed by atoms with Gasteiger partial charge >= 0.3 is 5.97 Å². The standard InChI is InChI=1S/C17H18O3/c1-11-15(12(2)17(18)19)5-4-6-16(11)13-7-9-14(20-3)10-8-13/h4-10,12H,1-3H3,(H,18,19). The van der Waals surface area contributed by atoms with Crippen molar-refractivity contribution in [2.45, 2.75) is 19.8 Å². The second-order valence-corrected chi connectivity index (χ2v) is 4.81. The highest BCUT2D eigenvalue weighted by atomic mass is 16.5. The second kappa shape index (κ2) is 5.78. The van der Waals surface area contributed by atoms with Gasteiger partial charge in [0, 0.05) is 0 Å². The molecule has 1 atom stereocenters. The van der Waals surface area contributed by atoms with Gasteiger partial charge in [-0.3, -0.25) is 4.79 Å². The molecule has 0 saturated carbocycles. The zero-order valence-corrected chi connectivity index (χ0v) is 11.9. The van der Waals surface area contributed by atoms with E-state index < -0.39 is 11.9 Å². The molecule has 0 aliphatic rings. The number of methoxy groups -OCH3 is 1. The van der Waals surface area contributed by atoms with Crippen LogP contribution in [0, 0.1) is 6.92 Å². The number of benzene rings is 2. The molecule has 2 aromatic carbocycles. The molecular formula is C17H18O3. The Morgan fingerprint density at radius 3 is 2.35 bits per heavy atom. The van der Waals surface area contributed by atoms with E-state index in [1.165, 1.54) is 0 Å². The molecule has 1 unspecified atom stereocenters. The number of ether oxygens (including phenoxy) is 1. The van der Waals surface area contributed by atoms with Gasteiger partial charge in [-0.2, -0.15) is 0 Å². The van der Waals surface area contributed by atoms with Crippen LogP contribution >= 0.6 is 0 Å².